The van der Waals surface area contributed by atoms with Gasteiger partial charge in [0.15, 0.2) is 0 Å². The predicted octanol–water partition coefficient (Wildman–Crippen LogP) is 1.99. The molecule has 1 aromatic rings. The Morgan fingerprint density at radius 2 is 2.41 bits per heavy atom. The average molecular weight is 232 g/mol. The van der Waals surface area contributed by atoms with Gasteiger partial charge >= 0.3 is 0 Å². The zero-order valence-electron chi connectivity index (χ0n) is 10.4. The number of rotatable bonds is 3. The molecule has 0 amide bonds. The number of nitrogens with zero attached hydrogens (tertiary/aromatic N) is 1. The summed E-state index contributed by atoms with van der Waals surface area (Å²) in [6, 6.07) is 6.41. The van der Waals surface area contributed by atoms with Crippen molar-refractivity contribution >= 4 is 5.69 Å². The number of anilines is 1. The maximum absolute atomic E-state index is 5.91. The Balaban J connectivity index is 1.58. The van der Waals surface area contributed by atoms with Crippen molar-refractivity contribution < 1.29 is 4.74 Å². The van der Waals surface area contributed by atoms with Crippen molar-refractivity contribution in [1.29, 1.82) is 0 Å². The number of ether oxygens (including phenoxy) is 1. The Kier molecular flexibility index (Phi) is 2.93. The Morgan fingerprint density at radius 1 is 1.47 bits per heavy atom. The first-order valence-electron chi connectivity index (χ1n) is 6.49. The molecular weight excluding hydrogens is 212 g/mol. The Labute approximate surface area is 103 Å². The third-order valence-corrected chi connectivity index (χ3v) is 3.76. The molecule has 1 saturated heterocycles. The molecule has 3 nitrogen and oxygen atoms in total. The second-order valence-electron chi connectivity index (χ2n) is 5.22. The van der Waals surface area contributed by atoms with E-state index in [9.17, 15) is 0 Å². The molecule has 0 aliphatic carbocycles. The van der Waals surface area contributed by atoms with E-state index in [4.69, 9.17) is 4.74 Å². The van der Waals surface area contributed by atoms with Crippen LogP contribution in [0.4, 0.5) is 5.69 Å². The molecule has 0 aromatic heterocycles. The summed E-state index contributed by atoms with van der Waals surface area (Å²) in [4.78, 5) is 2.38. The van der Waals surface area contributed by atoms with E-state index in [1.54, 1.807) is 0 Å². The van der Waals surface area contributed by atoms with Gasteiger partial charge in [-0.05, 0) is 50.2 Å². The highest BCUT2D eigenvalue weighted by molar-refractivity contribution is 5.57. The molecule has 2 heterocycles. The van der Waals surface area contributed by atoms with Crippen molar-refractivity contribution in [3.8, 4) is 5.75 Å². The standard InChI is InChI=1S/C14H20N2O/c1-16-7-5-11(9-16)10-17-13-2-3-14-12(8-13)4-6-15-14/h2-3,8,11,15H,4-7,9-10H2,1H3. The largest absolute Gasteiger partial charge is 0.493 e. The predicted molar refractivity (Wildman–Crippen MR) is 69.7 cm³/mol. The minimum atomic E-state index is 0.700. The van der Waals surface area contributed by atoms with Gasteiger partial charge in [-0.2, -0.15) is 0 Å². The first kappa shape index (κ1) is 10.9. The Hall–Kier alpha value is -1.22. The number of hydrogen-bond acceptors (Lipinski definition) is 3. The summed E-state index contributed by atoms with van der Waals surface area (Å²) >= 11 is 0. The number of likely N-dealkylation sites (tertiary alicyclic amines) is 1. The van der Waals surface area contributed by atoms with E-state index in [1.165, 1.54) is 30.8 Å². The quantitative estimate of drug-likeness (QED) is 0.862. The van der Waals surface area contributed by atoms with E-state index >= 15 is 0 Å². The number of fused-ring (bicyclic) bond motifs is 1. The van der Waals surface area contributed by atoms with Crippen LogP contribution < -0.4 is 10.1 Å². The summed E-state index contributed by atoms with van der Waals surface area (Å²) in [7, 11) is 2.18. The van der Waals surface area contributed by atoms with E-state index in [-0.39, 0.29) is 0 Å². The van der Waals surface area contributed by atoms with Gasteiger partial charge in [0.1, 0.15) is 5.75 Å². The summed E-state index contributed by atoms with van der Waals surface area (Å²) in [5.41, 5.74) is 2.67. The van der Waals surface area contributed by atoms with Gasteiger partial charge in [0.25, 0.3) is 0 Å². The van der Waals surface area contributed by atoms with Crippen LogP contribution in [0.15, 0.2) is 18.2 Å². The molecule has 2 aliphatic rings. The van der Waals surface area contributed by atoms with E-state index in [1.807, 2.05) is 0 Å². The van der Waals surface area contributed by atoms with Crippen LogP contribution in [0.2, 0.25) is 0 Å². The van der Waals surface area contributed by atoms with E-state index < -0.39 is 0 Å². The molecule has 17 heavy (non-hydrogen) atoms. The van der Waals surface area contributed by atoms with Crippen LogP contribution in [0, 0.1) is 5.92 Å². The summed E-state index contributed by atoms with van der Waals surface area (Å²) < 4.78 is 5.91. The highest BCUT2D eigenvalue weighted by Gasteiger charge is 2.20. The van der Waals surface area contributed by atoms with Gasteiger partial charge in [0, 0.05) is 24.7 Å². The number of hydrogen-bond donors (Lipinski definition) is 1. The monoisotopic (exact) mass is 232 g/mol. The molecule has 0 radical (unpaired) electrons. The van der Waals surface area contributed by atoms with Gasteiger partial charge in [0.2, 0.25) is 0 Å². The highest BCUT2D eigenvalue weighted by atomic mass is 16.5. The third kappa shape index (κ3) is 2.39. The number of benzene rings is 1. The lowest BCUT2D eigenvalue weighted by Crippen LogP contribution is -2.17. The molecular formula is C14H20N2O. The van der Waals surface area contributed by atoms with Crippen LogP contribution in [0.5, 0.6) is 5.75 Å². The van der Waals surface area contributed by atoms with Crippen LogP contribution in [0.3, 0.4) is 0 Å². The molecule has 1 aromatic carbocycles. The van der Waals surface area contributed by atoms with Gasteiger partial charge in [-0.25, -0.2) is 0 Å². The average Bonchev–Trinajstić information content (AvgIpc) is 2.94. The number of nitrogens with one attached hydrogen (secondary N) is 1. The Bertz CT molecular complexity index is 405. The van der Waals surface area contributed by atoms with Crippen LogP contribution in [-0.2, 0) is 6.42 Å². The van der Waals surface area contributed by atoms with Gasteiger partial charge in [-0.1, -0.05) is 0 Å². The zero-order valence-corrected chi connectivity index (χ0v) is 10.4. The third-order valence-electron chi connectivity index (χ3n) is 3.76. The maximum Gasteiger partial charge on any atom is 0.119 e. The van der Waals surface area contributed by atoms with Crippen molar-refractivity contribution in [2.45, 2.75) is 12.8 Å². The topological polar surface area (TPSA) is 24.5 Å². The van der Waals surface area contributed by atoms with Crippen molar-refractivity contribution in [3.05, 3.63) is 23.8 Å². The lowest BCUT2D eigenvalue weighted by atomic mass is 10.1. The van der Waals surface area contributed by atoms with E-state index in [2.05, 4.69) is 35.5 Å². The minimum Gasteiger partial charge on any atom is -0.493 e. The molecule has 1 N–H and O–H groups in total. The van der Waals surface area contributed by atoms with Crippen molar-refractivity contribution in [2.24, 2.45) is 5.92 Å². The Morgan fingerprint density at radius 3 is 3.24 bits per heavy atom. The van der Waals surface area contributed by atoms with Crippen molar-refractivity contribution in [3.63, 3.8) is 0 Å². The minimum absolute atomic E-state index is 0.700. The van der Waals surface area contributed by atoms with E-state index in [0.29, 0.717) is 5.92 Å². The molecule has 0 saturated carbocycles. The second-order valence-corrected chi connectivity index (χ2v) is 5.22. The highest BCUT2D eigenvalue weighted by Crippen LogP contribution is 2.27. The van der Waals surface area contributed by atoms with E-state index in [0.717, 1.165) is 25.3 Å². The summed E-state index contributed by atoms with van der Waals surface area (Å²) in [5.74, 6) is 1.73. The van der Waals surface area contributed by atoms with Crippen molar-refractivity contribution in [1.82, 2.24) is 4.90 Å². The van der Waals surface area contributed by atoms with Crippen molar-refractivity contribution in [2.75, 3.05) is 38.6 Å². The maximum atomic E-state index is 5.91. The first-order chi connectivity index (χ1) is 8.31. The molecule has 3 heteroatoms. The summed E-state index contributed by atoms with van der Waals surface area (Å²) in [6.07, 6.45) is 2.39. The van der Waals surface area contributed by atoms with Crippen LogP contribution in [0.1, 0.15) is 12.0 Å². The molecule has 0 bridgehead atoms. The molecule has 3 rings (SSSR count). The zero-order chi connectivity index (χ0) is 11.7. The fourth-order valence-corrected chi connectivity index (χ4v) is 2.75. The molecule has 2 aliphatic heterocycles. The normalized spacial score (nSPS) is 23.5. The lowest BCUT2D eigenvalue weighted by Gasteiger charge is -2.13. The fourth-order valence-electron chi connectivity index (χ4n) is 2.75. The SMILES string of the molecule is CN1CCC(COc2ccc3c(c2)CCN3)C1. The van der Waals surface area contributed by atoms with Gasteiger partial charge in [0.05, 0.1) is 6.61 Å². The molecule has 0 spiro atoms. The fraction of sp³-hybridized carbons (Fsp3) is 0.571. The van der Waals surface area contributed by atoms with Gasteiger partial charge < -0.3 is 15.0 Å². The lowest BCUT2D eigenvalue weighted by molar-refractivity contribution is 0.249. The molecule has 1 atom stereocenters. The molecule has 92 valence electrons. The first-order valence-corrected chi connectivity index (χ1v) is 6.49. The van der Waals surface area contributed by atoms with Crippen LogP contribution in [0.25, 0.3) is 0 Å². The summed E-state index contributed by atoms with van der Waals surface area (Å²) in [6.45, 7) is 4.30. The molecule has 1 fully saturated rings. The van der Waals surface area contributed by atoms with Gasteiger partial charge in [-0.3, -0.25) is 0 Å². The second kappa shape index (κ2) is 4.57. The van der Waals surface area contributed by atoms with Crippen LogP contribution in [-0.4, -0.2) is 38.2 Å². The summed E-state index contributed by atoms with van der Waals surface area (Å²) in [5, 5.41) is 3.37. The van der Waals surface area contributed by atoms with Crippen LogP contribution >= 0.6 is 0 Å². The molecule has 1 unspecified atom stereocenters. The smallest absolute Gasteiger partial charge is 0.119 e. The van der Waals surface area contributed by atoms with Gasteiger partial charge in [-0.15, -0.1) is 0 Å².